The molecule has 1 aliphatic rings. The van der Waals surface area contributed by atoms with Crippen LogP contribution in [0.2, 0.25) is 0 Å². The second kappa shape index (κ2) is 3.27. The number of rotatable bonds is 2. The first-order valence-electron chi connectivity index (χ1n) is 4.06. The van der Waals surface area contributed by atoms with E-state index in [1.165, 1.54) is 0 Å². The molecule has 68 valence electrons. The quantitative estimate of drug-likeness (QED) is 0.638. The number of carboxylic acid groups (broad SMARTS) is 1. The molecule has 1 saturated heterocycles. The predicted molar refractivity (Wildman–Crippen MR) is 44.9 cm³/mol. The molecule has 1 N–H and O–H groups in total. The SMILES string of the molecule is C/C(C(=O)O)=C(/C)C1OCC1C. The third-order valence-corrected chi connectivity index (χ3v) is 2.39. The Hall–Kier alpha value is -0.830. The highest BCUT2D eigenvalue weighted by atomic mass is 16.5. The van der Waals surface area contributed by atoms with Gasteiger partial charge in [-0.1, -0.05) is 6.92 Å². The Labute approximate surface area is 72.0 Å². The lowest BCUT2D eigenvalue weighted by Crippen LogP contribution is -2.39. The van der Waals surface area contributed by atoms with Crippen molar-refractivity contribution in [2.24, 2.45) is 5.92 Å². The van der Waals surface area contributed by atoms with Crippen molar-refractivity contribution in [2.45, 2.75) is 26.9 Å². The fourth-order valence-electron chi connectivity index (χ4n) is 1.32. The van der Waals surface area contributed by atoms with Gasteiger partial charge >= 0.3 is 5.97 Å². The van der Waals surface area contributed by atoms with Gasteiger partial charge in [0, 0.05) is 11.5 Å². The average Bonchev–Trinajstić information content (AvgIpc) is 2.00. The Kier molecular flexibility index (Phi) is 2.52. The minimum Gasteiger partial charge on any atom is -0.478 e. The normalized spacial score (nSPS) is 30.6. The van der Waals surface area contributed by atoms with Gasteiger partial charge in [-0.3, -0.25) is 0 Å². The fraction of sp³-hybridized carbons (Fsp3) is 0.667. The Morgan fingerprint density at radius 2 is 2.08 bits per heavy atom. The summed E-state index contributed by atoms with van der Waals surface area (Å²) in [5.41, 5.74) is 1.26. The summed E-state index contributed by atoms with van der Waals surface area (Å²) in [7, 11) is 0. The van der Waals surface area contributed by atoms with Crippen molar-refractivity contribution in [3.63, 3.8) is 0 Å². The molecule has 1 fully saturated rings. The number of aliphatic carboxylic acids is 1. The summed E-state index contributed by atoms with van der Waals surface area (Å²) >= 11 is 0. The van der Waals surface area contributed by atoms with Gasteiger partial charge in [-0.2, -0.15) is 0 Å². The molecule has 0 bridgehead atoms. The van der Waals surface area contributed by atoms with Crippen LogP contribution < -0.4 is 0 Å². The van der Waals surface area contributed by atoms with Crippen LogP contribution in [0.15, 0.2) is 11.1 Å². The number of ether oxygens (including phenoxy) is 1. The van der Waals surface area contributed by atoms with E-state index in [-0.39, 0.29) is 6.10 Å². The van der Waals surface area contributed by atoms with E-state index in [1.807, 2.05) is 6.92 Å². The maximum atomic E-state index is 10.6. The van der Waals surface area contributed by atoms with E-state index < -0.39 is 5.97 Å². The van der Waals surface area contributed by atoms with Crippen LogP contribution in [-0.2, 0) is 9.53 Å². The second-order valence-corrected chi connectivity index (χ2v) is 3.34. The molecule has 1 heterocycles. The lowest BCUT2D eigenvalue weighted by atomic mass is 9.91. The Morgan fingerprint density at radius 3 is 2.33 bits per heavy atom. The molecule has 0 amide bonds. The monoisotopic (exact) mass is 170 g/mol. The Morgan fingerprint density at radius 1 is 1.50 bits per heavy atom. The molecule has 0 aliphatic carbocycles. The predicted octanol–water partition coefficient (Wildman–Crippen LogP) is 1.44. The first kappa shape index (κ1) is 9.26. The largest absolute Gasteiger partial charge is 0.478 e. The summed E-state index contributed by atoms with van der Waals surface area (Å²) in [6.07, 6.45) is 0.0288. The third-order valence-electron chi connectivity index (χ3n) is 2.39. The zero-order valence-electron chi connectivity index (χ0n) is 7.63. The highest BCUT2D eigenvalue weighted by molar-refractivity contribution is 5.86. The Balaban J connectivity index is 2.74. The van der Waals surface area contributed by atoms with Gasteiger partial charge in [0.15, 0.2) is 0 Å². The van der Waals surface area contributed by atoms with E-state index in [9.17, 15) is 4.79 Å². The third kappa shape index (κ3) is 1.50. The molecule has 0 spiro atoms. The molecule has 3 nitrogen and oxygen atoms in total. The minimum absolute atomic E-state index is 0.0288. The molecule has 1 rings (SSSR count). The van der Waals surface area contributed by atoms with Crippen LogP contribution in [0.1, 0.15) is 20.8 Å². The van der Waals surface area contributed by atoms with Gasteiger partial charge in [0.25, 0.3) is 0 Å². The average molecular weight is 170 g/mol. The summed E-state index contributed by atoms with van der Waals surface area (Å²) in [6, 6.07) is 0. The van der Waals surface area contributed by atoms with Gasteiger partial charge in [-0.25, -0.2) is 4.79 Å². The van der Waals surface area contributed by atoms with Crippen molar-refractivity contribution in [1.29, 1.82) is 0 Å². The van der Waals surface area contributed by atoms with Crippen molar-refractivity contribution in [3.8, 4) is 0 Å². The smallest absolute Gasteiger partial charge is 0.331 e. The first-order valence-corrected chi connectivity index (χ1v) is 4.06. The first-order chi connectivity index (χ1) is 5.54. The van der Waals surface area contributed by atoms with Crippen molar-refractivity contribution < 1.29 is 14.6 Å². The lowest BCUT2D eigenvalue weighted by Gasteiger charge is -2.35. The van der Waals surface area contributed by atoms with Crippen LogP contribution in [-0.4, -0.2) is 23.8 Å². The second-order valence-electron chi connectivity index (χ2n) is 3.34. The summed E-state index contributed by atoms with van der Waals surface area (Å²) in [4.78, 5) is 10.6. The summed E-state index contributed by atoms with van der Waals surface area (Å²) < 4.78 is 5.25. The lowest BCUT2D eigenvalue weighted by molar-refractivity contribution is -0.133. The van der Waals surface area contributed by atoms with Gasteiger partial charge in [0.2, 0.25) is 0 Å². The maximum absolute atomic E-state index is 10.6. The molecule has 0 saturated carbocycles. The topological polar surface area (TPSA) is 46.5 Å². The van der Waals surface area contributed by atoms with E-state index in [1.54, 1.807) is 6.92 Å². The molecule has 1 aliphatic heterocycles. The molecule has 0 aromatic heterocycles. The van der Waals surface area contributed by atoms with Gasteiger partial charge in [-0.15, -0.1) is 0 Å². The van der Waals surface area contributed by atoms with Crippen LogP contribution in [0.5, 0.6) is 0 Å². The van der Waals surface area contributed by atoms with E-state index >= 15 is 0 Å². The van der Waals surface area contributed by atoms with Gasteiger partial charge in [-0.05, 0) is 19.4 Å². The highest BCUT2D eigenvalue weighted by Crippen LogP contribution is 2.27. The Bertz CT molecular complexity index is 230. The van der Waals surface area contributed by atoms with Crippen LogP contribution in [0.3, 0.4) is 0 Å². The van der Waals surface area contributed by atoms with Crippen LogP contribution in [0, 0.1) is 5.92 Å². The zero-order chi connectivity index (χ0) is 9.30. The molecule has 0 radical (unpaired) electrons. The van der Waals surface area contributed by atoms with Gasteiger partial charge in [0.05, 0.1) is 12.7 Å². The van der Waals surface area contributed by atoms with Crippen molar-refractivity contribution in [1.82, 2.24) is 0 Å². The van der Waals surface area contributed by atoms with E-state index in [0.29, 0.717) is 11.5 Å². The maximum Gasteiger partial charge on any atom is 0.331 e. The molecule has 0 aromatic carbocycles. The van der Waals surface area contributed by atoms with Crippen LogP contribution >= 0.6 is 0 Å². The van der Waals surface area contributed by atoms with Crippen molar-refractivity contribution in [2.75, 3.05) is 6.61 Å². The summed E-state index contributed by atoms with van der Waals surface area (Å²) in [5.74, 6) is -0.394. The number of hydrogen-bond donors (Lipinski definition) is 1. The van der Waals surface area contributed by atoms with Gasteiger partial charge < -0.3 is 9.84 Å². The van der Waals surface area contributed by atoms with Crippen LogP contribution in [0.25, 0.3) is 0 Å². The number of carbonyl (C=O) groups is 1. The summed E-state index contributed by atoms with van der Waals surface area (Å²) in [5, 5.41) is 8.69. The highest BCUT2D eigenvalue weighted by Gasteiger charge is 2.30. The van der Waals surface area contributed by atoms with Gasteiger partial charge in [0.1, 0.15) is 0 Å². The van der Waals surface area contributed by atoms with Crippen LogP contribution in [0.4, 0.5) is 0 Å². The molecule has 0 aromatic rings. The van der Waals surface area contributed by atoms with E-state index in [0.717, 1.165) is 12.2 Å². The number of carboxylic acids is 1. The standard InChI is InChI=1S/C9H14O3/c1-5-4-12-8(5)6(2)7(3)9(10)11/h5,8H,4H2,1-3H3,(H,10,11)/b7-6+. The van der Waals surface area contributed by atoms with Crippen molar-refractivity contribution >= 4 is 5.97 Å². The minimum atomic E-state index is -0.852. The van der Waals surface area contributed by atoms with E-state index in [2.05, 4.69) is 6.92 Å². The van der Waals surface area contributed by atoms with E-state index in [4.69, 9.17) is 9.84 Å². The summed E-state index contributed by atoms with van der Waals surface area (Å²) in [6.45, 7) is 6.25. The fourth-order valence-corrected chi connectivity index (χ4v) is 1.32. The molecule has 12 heavy (non-hydrogen) atoms. The molecule has 2 atom stereocenters. The molecular formula is C9H14O3. The zero-order valence-corrected chi connectivity index (χ0v) is 7.63. The van der Waals surface area contributed by atoms with Crippen molar-refractivity contribution in [3.05, 3.63) is 11.1 Å². The molecular weight excluding hydrogens is 156 g/mol. The number of hydrogen-bond acceptors (Lipinski definition) is 2. The molecule has 2 unspecified atom stereocenters. The molecule has 3 heteroatoms.